The molecule has 2 aromatic carbocycles. The highest BCUT2D eigenvalue weighted by Crippen LogP contribution is 2.28. The maximum atomic E-state index is 13.2. The first-order valence-electron chi connectivity index (χ1n) is 10.9. The lowest BCUT2D eigenvalue weighted by Gasteiger charge is -2.38. The minimum absolute atomic E-state index is 0.153. The number of nitrogens with zero attached hydrogens (tertiary/aromatic N) is 4. The summed E-state index contributed by atoms with van der Waals surface area (Å²) in [5.74, 6) is 0.153. The van der Waals surface area contributed by atoms with Crippen LogP contribution in [0.25, 0.3) is 21.9 Å². The second kappa shape index (κ2) is 7.62. The van der Waals surface area contributed by atoms with Crippen LogP contribution < -0.4 is 0 Å². The van der Waals surface area contributed by atoms with E-state index in [1.165, 1.54) is 0 Å². The summed E-state index contributed by atoms with van der Waals surface area (Å²) in [6.45, 7) is 4.34. The molecule has 1 saturated heterocycles. The van der Waals surface area contributed by atoms with Gasteiger partial charge in [-0.25, -0.2) is 4.98 Å². The molecule has 0 spiro atoms. The molecule has 0 amide bonds. The number of imidazole rings is 1. The predicted octanol–water partition coefficient (Wildman–Crippen LogP) is 3.55. The average Bonchev–Trinajstić information content (AvgIpc) is 3.29. The standard InChI is InChI=1S/C25H28N4O2/c1-18-24(19-7-3-5-9-21(19)27(18)2)23(30)15-28-13-11-25(31,12-14-28)16-29-17-26-20-8-4-6-10-22(20)29/h3-10,17,31H,11-16H2,1-2H3. The summed E-state index contributed by atoms with van der Waals surface area (Å²) in [6.07, 6.45) is 3.09. The number of para-hydroxylation sites is 3. The van der Waals surface area contributed by atoms with Crippen molar-refractivity contribution in [1.82, 2.24) is 19.0 Å². The van der Waals surface area contributed by atoms with Crippen LogP contribution in [0.5, 0.6) is 0 Å². The van der Waals surface area contributed by atoms with Crippen LogP contribution in [0.15, 0.2) is 54.9 Å². The van der Waals surface area contributed by atoms with Crippen LogP contribution in [0, 0.1) is 6.92 Å². The molecule has 0 radical (unpaired) electrons. The van der Waals surface area contributed by atoms with E-state index in [2.05, 4.69) is 20.5 Å². The first kappa shape index (κ1) is 20.0. The number of benzene rings is 2. The van der Waals surface area contributed by atoms with Crippen LogP contribution >= 0.6 is 0 Å². The summed E-state index contributed by atoms with van der Waals surface area (Å²) < 4.78 is 4.13. The van der Waals surface area contributed by atoms with Crippen LogP contribution in [0.2, 0.25) is 0 Å². The van der Waals surface area contributed by atoms with E-state index < -0.39 is 5.60 Å². The summed E-state index contributed by atoms with van der Waals surface area (Å²) in [4.78, 5) is 19.8. The summed E-state index contributed by atoms with van der Waals surface area (Å²) in [7, 11) is 2.01. The number of likely N-dealkylation sites (tertiary alicyclic amines) is 1. The maximum absolute atomic E-state index is 13.2. The molecular weight excluding hydrogens is 388 g/mol. The molecule has 2 aromatic heterocycles. The van der Waals surface area contributed by atoms with E-state index in [1.807, 2.05) is 67.3 Å². The molecule has 5 rings (SSSR count). The van der Waals surface area contributed by atoms with Gasteiger partial charge in [-0.2, -0.15) is 0 Å². The van der Waals surface area contributed by atoms with Gasteiger partial charge in [0.2, 0.25) is 0 Å². The minimum Gasteiger partial charge on any atom is -0.388 e. The highest BCUT2D eigenvalue weighted by molar-refractivity contribution is 6.10. The third kappa shape index (κ3) is 3.56. The fourth-order valence-corrected chi connectivity index (χ4v) is 4.89. The van der Waals surface area contributed by atoms with E-state index in [0.717, 1.165) is 33.2 Å². The van der Waals surface area contributed by atoms with Crippen molar-refractivity contribution in [2.75, 3.05) is 19.6 Å². The van der Waals surface area contributed by atoms with Crippen LogP contribution in [0.3, 0.4) is 0 Å². The monoisotopic (exact) mass is 416 g/mol. The number of hydrogen-bond acceptors (Lipinski definition) is 4. The molecule has 3 heterocycles. The van der Waals surface area contributed by atoms with Crippen molar-refractivity contribution in [3.8, 4) is 0 Å². The Morgan fingerprint density at radius 2 is 1.74 bits per heavy atom. The van der Waals surface area contributed by atoms with Crippen molar-refractivity contribution < 1.29 is 9.90 Å². The molecule has 1 aliphatic rings. The molecule has 6 nitrogen and oxygen atoms in total. The molecule has 4 aromatic rings. The zero-order chi connectivity index (χ0) is 21.6. The quantitative estimate of drug-likeness (QED) is 0.506. The lowest BCUT2D eigenvalue weighted by atomic mass is 9.91. The molecule has 0 saturated carbocycles. The number of aliphatic hydroxyl groups is 1. The highest BCUT2D eigenvalue weighted by atomic mass is 16.3. The number of aromatic nitrogens is 3. The van der Waals surface area contributed by atoms with Crippen molar-refractivity contribution in [3.63, 3.8) is 0 Å². The van der Waals surface area contributed by atoms with Gasteiger partial charge in [0.25, 0.3) is 0 Å². The Hall–Kier alpha value is -2.96. The molecule has 1 fully saturated rings. The molecule has 1 aliphatic heterocycles. The van der Waals surface area contributed by atoms with E-state index in [4.69, 9.17) is 0 Å². The van der Waals surface area contributed by atoms with E-state index >= 15 is 0 Å². The molecule has 0 atom stereocenters. The van der Waals surface area contributed by atoms with E-state index in [1.54, 1.807) is 0 Å². The summed E-state index contributed by atoms with van der Waals surface area (Å²) in [5, 5.41) is 12.2. The van der Waals surface area contributed by atoms with Gasteiger partial charge in [0.1, 0.15) is 0 Å². The smallest absolute Gasteiger partial charge is 0.179 e. The Bertz CT molecular complexity index is 1260. The normalized spacial score (nSPS) is 16.9. The SMILES string of the molecule is Cc1c(C(=O)CN2CCC(O)(Cn3cnc4ccccc43)CC2)c2ccccc2n1C. The minimum atomic E-state index is -0.779. The van der Waals surface area contributed by atoms with Gasteiger partial charge >= 0.3 is 0 Å². The van der Waals surface area contributed by atoms with Crippen LogP contribution in [-0.2, 0) is 13.6 Å². The number of ketones is 1. The Morgan fingerprint density at radius 1 is 1.06 bits per heavy atom. The summed E-state index contributed by atoms with van der Waals surface area (Å²) in [5.41, 5.74) is 4.12. The first-order valence-corrected chi connectivity index (χ1v) is 10.9. The maximum Gasteiger partial charge on any atom is 0.179 e. The Morgan fingerprint density at radius 3 is 2.52 bits per heavy atom. The Balaban J connectivity index is 1.27. The van der Waals surface area contributed by atoms with E-state index in [-0.39, 0.29) is 5.78 Å². The van der Waals surface area contributed by atoms with E-state index in [0.29, 0.717) is 39.0 Å². The second-order valence-corrected chi connectivity index (χ2v) is 8.82. The van der Waals surface area contributed by atoms with Crippen molar-refractivity contribution >= 4 is 27.7 Å². The molecule has 0 bridgehead atoms. The molecular formula is C25H28N4O2. The first-order chi connectivity index (χ1) is 15.0. The van der Waals surface area contributed by atoms with Crippen LogP contribution in [-0.4, -0.2) is 55.1 Å². The Kier molecular flexibility index (Phi) is 4.91. The molecule has 6 heteroatoms. The fraction of sp³-hybridized carbons (Fsp3) is 0.360. The van der Waals surface area contributed by atoms with Crippen molar-refractivity contribution in [1.29, 1.82) is 0 Å². The van der Waals surface area contributed by atoms with Gasteiger partial charge in [0.15, 0.2) is 5.78 Å². The van der Waals surface area contributed by atoms with Gasteiger partial charge in [-0.05, 0) is 38.0 Å². The number of rotatable bonds is 5. The zero-order valence-corrected chi connectivity index (χ0v) is 18.1. The number of Topliss-reactive ketones (excluding diaryl/α,β-unsaturated/α-hetero) is 1. The highest BCUT2D eigenvalue weighted by Gasteiger charge is 2.34. The van der Waals surface area contributed by atoms with E-state index in [9.17, 15) is 9.90 Å². The van der Waals surface area contributed by atoms with Crippen molar-refractivity contribution in [2.24, 2.45) is 7.05 Å². The van der Waals surface area contributed by atoms with Crippen LogP contribution in [0.4, 0.5) is 0 Å². The number of carbonyl (C=O) groups is 1. The van der Waals surface area contributed by atoms with Gasteiger partial charge in [-0.1, -0.05) is 30.3 Å². The largest absolute Gasteiger partial charge is 0.388 e. The third-order valence-electron chi connectivity index (χ3n) is 6.82. The Labute approximate surface area is 181 Å². The van der Waals surface area contributed by atoms with Crippen LogP contribution in [0.1, 0.15) is 28.9 Å². The molecule has 1 N–H and O–H groups in total. The number of fused-ring (bicyclic) bond motifs is 2. The lowest BCUT2D eigenvalue weighted by molar-refractivity contribution is -0.0320. The number of hydrogen-bond donors (Lipinski definition) is 1. The fourth-order valence-electron chi connectivity index (χ4n) is 4.89. The van der Waals surface area contributed by atoms with Gasteiger partial charge in [-0.3, -0.25) is 9.69 Å². The average molecular weight is 417 g/mol. The third-order valence-corrected chi connectivity index (χ3v) is 6.82. The van der Waals surface area contributed by atoms with Crippen molar-refractivity contribution in [3.05, 3.63) is 66.1 Å². The summed E-state index contributed by atoms with van der Waals surface area (Å²) in [6, 6.07) is 16.1. The molecule has 0 aliphatic carbocycles. The molecule has 31 heavy (non-hydrogen) atoms. The second-order valence-electron chi connectivity index (χ2n) is 8.82. The zero-order valence-electron chi connectivity index (χ0n) is 18.1. The number of carbonyl (C=O) groups excluding carboxylic acids is 1. The lowest BCUT2D eigenvalue weighted by Crippen LogP contribution is -2.48. The van der Waals surface area contributed by atoms with Gasteiger partial charge in [-0.15, -0.1) is 0 Å². The number of piperidine rings is 1. The predicted molar refractivity (Wildman–Crippen MR) is 122 cm³/mol. The topological polar surface area (TPSA) is 63.3 Å². The van der Waals surface area contributed by atoms with Gasteiger partial charge < -0.3 is 14.2 Å². The van der Waals surface area contributed by atoms with Crippen molar-refractivity contribution in [2.45, 2.75) is 31.9 Å². The number of aryl methyl sites for hydroxylation is 1. The van der Waals surface area contributed by atoms with Gasteiger partial charge in [0.05, 0.1) is 36.1 Å². The molecule has 160 valence electrons. The molecule has 0 unspecified atom stereocenters. The summed E-state index contributed by atoms with van der Waals surface area (Å²) >= 11 is 0. The van der Waals surface area contributed by atoms with Gasteiger partial charge in [0, 0.05) is 42.3 Å².